The molecule has 9 heteroatoms. The first-order chi connectivity index (χ1) is 15.9. The van der Waals surface area contributed by atoms with Gasteiger partial charge in [0.15, 0.2) is 5.84 Å². The number of hydrogen-bond acceptors (Lipinski definition) is 5. The Kier molecular flexibility index (Phi) is 5.49. The summed E-state index contributed by atoms with van der Waals surface area (Å²) >= 11 is 0. The fourth-order valence-electron chi connectivity index (χ4n) is 4.53. The number of hydrogen-bond donors (Lipinski definition) is 1. The average Bonchev–Trinajstić information content (AvgIpc) is 3.38. The summed E-state index contributed by atoms with van der Waals surface area (Å²) in [6.45, 7) is 1.14. The quantitative estimate of drug-likeness (QED) is 0.641. The number of aromatic nitrogens is 2. The number of benzene rings is 2. The highest BCUT2D eigenvalue weighted by Crippen LogP contribution is 2.30. The van der Waals surface area contributed by atoms with Crippen molar-refractivity contribution in [3.8, 4) is 0 Å². The standard InChI is InChI=1S/C24H25N5O3S/c1-28-16-13-25-23(28)21(17-7-3-2-4-8-17)26-24(30)18-11-14-29(15-12-18)22-19-9-5-6-10-20(19)33(31,32)27-22/h2-10,13,16,18,21H,11-12,14-15H2,1H3,(H,26,30)/t21-/m0/s1. The molecule has 1 amide bonds. The fourth-order valence-corrected chi connectivity index (χ4v) is 5.76. The van der Waals surface area contributed by atoms with Crippen LogP contribution in [-0.2, 0) is 21.9 Å². The van der Waals surface area contributed by atoms with Gasteiger partial charge in [-0.05, 0) is 30.5 Å². The fraction of sp³-hybridized carbons (Fsp3) is 0.292. The lowest BCUT2D eigenvalue weighted by Gasteiger charge is -2.33. The maximum absolute atomic E-state index is 13.2. The Morgan fingerprint density at radius 3 is 2.45 bits per heavy atom. The molecule has 2 aromatic carbocycles. The highest BCUT2D eigenvalue weighted by Gasteiger charge is 2.35. The van der Waals surface area contributed by atoms with Gasteiger partial charge < -0.3 is 14.8 Å². The van der Waals surface area contributed by atoms with Crippen molar-refractivity contribution in [1.82, 2.24) is 19.8 Å². The van der Waals surface area contributed by atoms with Gasteiger partial charge in [0.25, 0.3) is 10.0 Å². The number of nitrogens with zero attached hydrogens (tertiary/aromatic N) is 4. The van der Waals surface area contributed by atoms with Crippen molar-refractivity contribution in [3.05, 3.63) is 83.9 Å². The van der Waals surface area contributed by atoms with E-state index in [9.17, 15) is 13.2 Å². The van der Waals surface area contributed by atoms with Crippen molar-refractivity contribution in [3.63, 3.8) is 0 Å². The number of aryl methyl sites for hydroxylation is 1. The summed E-state index contributed by atoms with van der Waals surface area (Å²) < 4.78 is 30.7. The molecule has 5 rings (SSSR count). The van der Waals surface area contributed by atoms with E-state index in [1.54, 1.807) is 24.4 Å². The lowest BCUT2D eigenvalue weighted by atomic mass is 9.94. The highest BCUT2D eigenvalue weighted by atomic mass is 32.2. The minimum Gasteiger partial charge on any atom is -0.355 e. The molecule has 8 nitrogen and oxygen atoms in total. The Morgan fingerprint density at radius 1 is 1.06 bits per heavy atom. The Labute approximate surface area is 193 Å². The van der Waals surface area contributed by atoms with E-state index in [4.69, 9.17) is 0 Å². The van der Waals surface area contributed by atoms with Crippen LogP contribution in [0.1, 0.15) is 35.8 Å². The molecule has 1 aromatic heterocycles. The number of fused-ring (bicyclic) bond motifs is 1. The molecule has 0 aliphatic carbocycles. The molecule has 3 heterocycles. The minimum absolute atomic E-state index is 0.0205. The van der Waals surface area contributed by atoms with Crippen LogP contribution in [0.4, 0.5) is 0 Å². The van der Waals surface area contributed by atoms with Crippen LogP contribution in [0.5, 0.6) is 0 Å². The van der Waals surface area contributed by atoms with Crippen LogP contribution in [0.3, 0.4) is 0 Å². The molecule has 0 bridgehead atoms. The van der Waals surface area contributed by atoms with Crippen LogP contribution >= 0.6 is 0 Å². The lowest BCUT2D eigenvalue weighted by molar-refractivity contribution is -0.126. The highest BCUT2D eigenvalue weighted by molar-refractivity contribution is 7.90. The molecule has 0 unspecified atom stereocenters. The van der Waals surface area contributed by atoms with Gasteiger partial charge in [0.1, 0.15) is 16.8 Å². The topological polar surface area (TPSA) is 96.7 Å². The van der Waals surface area contributed by atoms with Crippen LogP contribution < -0.4 is 5.32 Å². The van der Waals surface area contributed by atoms with Crippen LogP contribution in [-0.4, -0.2) is 47.7 Å². The molecule has 170 valence electrons. The normalized spacial score (nSPS) is 18.5. The van der Waals surface area contributed by atoms with Gasteiger partial charge in [0.05, 0.1) is 0 Å². The Morgan fingerprint density at radius 2 is 1.76 bits per heavy atom. The zero-order valence-electron chi connectivity index (χ0n) is 18.3. The minimum atomic E-state index is -3.65. The van der Waals surface area contributed by atoms with Gasteiger partial charge in [-0.15, -0.1) is 4.40 Å². The van der Waals surface area contributed by atoms with Crippen LogP contribution in [0, 0.1) is 5.92 Å². The van der Waals surface area contributed by atoms with E-state index >= 15 is 0 Å². The molecule has 1 atom stereocenters. The number of rotatable bonds is 4. The number of piperidine rings is 1. The zero-order valence-corrected chi connectivity index (χ0v) is 19.1. The number of sulfonamides is 1. The summed E-state index contributed by atoms with van der Waals surface area (Å²) in [5.74, 6) is 1.07. The van der Waals surface area contributed by atoms with E-state index in [1.807, 2.05) is 59.1 Å². The predicted octanol–water partition coefficient (Wildman–Crippen LogP) is 2.49. The van der Waals surface area contributed by atoms with Gasteiger partial charge in [-0.2, -0.15) is 8.42 Å². The van der Waals surface area contributed by atoms with E-state index in [0.29, 0.717) is 37.3 Å². The van der Waals surface area contributed by atoms with E-state index in [1.165, 1.54) is 0 Å². The average molecular weight is 464 g/mol. The number of imidazole rings is 1. The monoisotopic (exact) mass is 463 g/mol. The summed E-state index contributed by atoms with van der Waals surface area (Å²) in [6.07, 6.45) is 4.83. The van der Waals surface area contributed by atoms with Gasteiger partial charge in [0, 0.05) is 44.0 Å². The van der Waals surface area contributed by atoms with E-state index in [-0.39, 0.29) is 22.8 Å². The Bertz CT molecular complexity index is 1310. The van der Waals surface area contributed by atoms with E-state index < -0.39 is 10.0 Å². The summed E-state index contributed by atoms with van der Waals surface area (Å²) in [5, 5.41) is 3.19. The summed E-state index contributed by atoms with van der Waals surface area (Å²) in [6, 6.07) is 16.4. The van der Waals surface area contributed by atoms with Gasteiger partial charge >= 0.3 is 0 Å². The second-order valence-electron chi connectivity index (χ2n) is 8.40. The molecule has 2 aliphatic rings. The molecule has 1 N–H and O–H groups in total. The summed E-state index contributed by atoms with van der Waals surface area (Å²) in [4.78, 5) is 19.9. The first-order valence-electron chi connectivity index (χ1n) is 11.0. The van der Waals surface area contributed by atoms with Gasteiger partial charge in [-0.25, -0.2) is 4.98 Å². The third-order valence-electron chi connectivity index (χ3n) is 6.31. The van der Waals surface area contributed by atoms with Crippen LogP contribution in [0.15, 0.2) is 76.3 Å². The van der Waals surface area contributed by atoms with Crippen molar-refractivity contribution in [2.75, 3.05) is 13.1 Å². The summed E-state index contributed by atoms with van der Waals surface area (Å²) in [5.41, 5.74) is 1.61. The first kappa shape index (κ1) is 21.4. The number of carbonyl (C=O) groups is 1. The van der Waals surface area contributed by atoms with E-state index in [0.717, 1.165) is 11.4 Å². The van der Waals surface area contributed by atoms with Crippen molar-refractivity contribution in [2.45, 2.75) is 23.8 Å². The Hall–Kier alpha value is -3.46. The first-order valence-corrected chi connectivity index (χ1v) is 12.4. The maximum atomic E-state index is 13.2. The molecule has 2 aliphatic heterocycles. The Balaban J connectivity index is 1.30. The molecule has 1 fully saturated rings. The molecule has 0 saturated carbocycles. The largest absolute Gasteiger partial charge is 0.355 e. The second kappa shape index (κ2) is 8.47. The summed E-state index contributed by atoms with van der Waals surface area (Å²) in [7, 11) is -1.74. The molecule has 1 saturated heterocycles. The predicted molar refractivity (Wildman–Crippen MR) is 124 cm³/mol. The zero-order chi connectivity index (χ0) is 23.0. The van der Waals surface area contributed by atoms with Gasteiger partial charge in [0.2, 0.25) is 5.91 Å². The molecule has 3 aromatic rings. The lowest BCUT2D eigenvalue weighted by Crippen LogP contribution is -2.44. The number of likely N-dealkylation sites (tertiary alicyclic amines) is 1. The van der Waals surface area contributed by atoms with Crippen molar-refractivity contribution in [1.29, 1.82) is 0 Å². The molecular formula is C24H25N5O3S. The number of amidine groups is 1. The van der Waals surface area contributed by atoms with Crippen LogP contribution in [0.25, 0.3) is 0 Å². The molecule has 33 heavy (non-hydrogen) atoms. The van der Waals surface area contributed by atoms with Crippen molar-refractivity contribution in [2.24, 2.45) is 17.4 Å². The van der Waals surface area contributed by atoms with Gasteiger partial charge in [-0.1, -0.05) is 42.5 Å². The van der Waals surface area contributed by atoms with Crippen molar-refractivity contribution >= 4 is 21.8 Å². The smallest absolute Gasteiger partial charge is 0.285 e. The number of nitrogens with one attached hydrogen (secondary N) is 1. The number of carbonyl (C=O) groups excluding carboxylic acids is 1. The molecule has 0 radical (unpaired) electrons. The van der Waals surface area contributed by atoms with Crippen molar-refractivity contribution < 1.29 is 13.2 Å². The third kappa shape index (κ3) is 4.04. The van der Waals surface area contributed by atoms with Crippen LogP contribution in [0.2, 0.25) is 0 Å². The van der Waals surface area contributed by atoms with E-state index in [2.05, 4.69) is 14.7 Å². The molecular weight excluding hydrogens is 438 g/mol. The third-order valence-corrected chi connectivity index (χ3v) is 7.64. The van der Waals surface area contributed by atoms with Gasteiger partial charge in [-0.3, -0.25) is 4.79 Å². The second-order valence-corrected chi connectivity index (χ2v) is 9.97. The SMILES string of the molecule is Cn1ccnc1[C@@H](NC(=O)C1CCN(C2=NS(=O)(=O)c3ccccc32)CC1)c1ccccc1. The maximum Gasteiger partial charge on any atom is 0.285 e. The number of amides is 1. The molecule has 0 spiro atoms.